The maximum Gasteiger partial charge on any atom is 0.234 e. The summed E-state index contributed by atoms with van der Waals surface area (Å²) in [5, 5.41) is 3.43. The quantitative estimate of drug-likeness (QED) is 0.478. The lowest BCUT2D eigenvalue weighted by molar-refractivity contribution is -0.143. The Morgan fingerprint density at radius 1 is 1.22 bits per heavy atom. The summed E-state index contributed by atoms with van der Waals surface area (Å²) in [6.45, 7) is 9.72. The number of nitrogens with zero attached hydrogens (tertiary/aromatic N) is 4. The standard InChI is InChI=1S/C27H33N5O3S.ClH/c1-15-20(30(4)5)11-21(31(15)13-16-12-28-8-9-35-16)18-6-7-29-19-10-17(36-24(18)19)14-32-25(33)22-23(26(32)34)27(22,2)3;/h6-7,10-11,16,22-23,28H,8-9,12-14H2,1-5H3;1H. The minimum Gasteiger partial charge on any atom is -0.376 e. The van der Waals surface area contributed by atoms with Crippen LogP contribution in [-0.2, 0) is 27.4 Å². The van der Waals surface area contributed by atoms with Crippen molar-refractivity contribution in [2.75, 3.05) is 38.7 Å². The zero-order chi connectivity index (χ0) is 25.4. The van der Waals surface area contributed by atoms with Crippen LogP contribution in [0.2, 0.25) is 0 Å². The number of hydrogen-bond donors (Lipinski definition) is 1. The van der Waals surface area contributed by atoms with Gasteiger partial charge in [0.15, 0.2) is 0 Å². The van der Waals surface area contributed by atoms with Crippen LogP contribution in [0.5, 0.6) is 0 Å². The lowest BCUT2D eigenvalue weighted by Crippen LogP contribution is -2.41. The second kappa shape index (κ2) is 9.38. The van der Waals surface area contributed by atoms with E-state index in [1.54, 1.807) is 11.3 Å². The highest BCUT2D eigenvalue weighted by molar-refractivity contribution is 7.19. The van der Waals surface area contributed by atoms with E-state index in [0.717, 1.165) is 52.6 Å². The number of rotatable bonds is 6. The van der Waals surface area contributed by atoms with Crippen LogP contribution in [0.15, 0.2) is 24.4 Å². The van der Waals surface area contributed by atoms with Gasteiger partial charge in [-0.2, -0.15) is 0 Å². The van der Waals surface area contributed by atoms with Crippen LogP contribution < -0.4 is 10.2 Å². The molecule has 0 aromatic carbocycles. The Bertz CT molecular complexity index is 1350. The molecule has 3 unspecified atom stereocenters. The van der Waals surface area contributed by atoms with E-state index in [1.807, 2.05) is 26.1 Å². The van der Waals surface area contributed by atoms with Gasteiger partial charge in [0.1, 0.15) is 0 Å². The zero-order valence-electron chi connectivity index (χ0n) is 21.9. The van der Waals surface area contributed by atoms with Crippen LogP contribution in [0.25, 0.3) is 21.5 Å². The smallest absolute Gasteiger partial charge is 0.234 e. The van der Waals surface area contributed by atoms with Crippen molar-refractivity contribution in [1.29, 1.82) is 0 Å². The highest BCUT2D eigenvalue weighted by Gasteiger charge is 2.72. The van der Waals surface area contributed by atoms with Gasteiger partial charge >= 0.3 is 0 Å². The molecule has 3 aromatic heterocycles. The topological polar surface area (TPSA) is 79.7 Å². The fraction of sp³-hybridized carbons (Fsp3) is 0.519. The van der Waals surface area contributed by atoms with Gasteiger partial charge in [0.25, 0.3) is 0 Å². The normalized spacial score (nSPS) is 24.4. The van der Waals surface area contributed by atoms with Crippen molar-refractivity contribution >= 4 is 51.5 Å². The fourth-order valence-corrected chi connectivity index (χ4v) is 7.19. The SMILES string of the molecule is Cc1c(N(C)C)cc(-c2ccnc3cc(CN4C(=O)C5C(C4=O)C5(C)C)sc23)n1CC1CNCCO1.Cl. The number of nitrogens with one attached hydrogen (secondary N) is 1. The summed E-state index contributed by atoms with van der Waals surface area (Å²) in [5.74, 6) is -0.357. The Balaban J connectivity index is 0.00000280. The molecule has 37 heavy (non-hydrogen) atoms. The molecule has 3 aromatic rings. The van der Waals surface area contributed by atoms with Gasteiger partial charge in [-0.3, -0.25) is 19.5 Å². The first kappa shape index (κ1) is 26.2. The number of morpholine rings is 1. The molecule has 8 nitrogen and oxygen atoms in total. The summed E-state index contributed by atoms with van der Waals surface area (Å²) in [7, 11) is 4.13. The first-order valence-electron chi connectivity index (χ1n) is 12.6. The highest BCUT2D eigenvalue weighted by atomic mass is 35.5. The van der Waals surface area contributed by atoms with Crippen molar-refractivity contribution in [3.8, 4) is 11.3 Å². The van der Waals surface area contributed by atoms with E-state index in [9.17, 15) is 9.59 Å². The van der Waals surface area contributed by atoms with E-state index in [1.165, 1.54) is 16.3 Å². The average Bonchev–Trinajstić information content (AvgIpc) is 3.14. The summed E-state index contributed by atoms with van der Waals surface area (Å²) >= 11 is 1.62. The van der Waals surface area contributed by atoms with Crippen molar-refractivity contribution in [1.82, 2.24) is 19.8 Å². The Morgan fingerprint density at radius 2 is 1.95 bits per heavy atom. The predicted octanol–water partition coefficient (Wildman–Crippen LogP) is 3.69. The second-order valence-corrected chi connectivity index (χ2v) is 12.2. The Labute approximate surface area is 227 Å². The molecule has 3 fully saturated rings. The van der Waals surface area contributed by atoms with Crippen LogP contribution in [0.4, 0.5) is 5.69 Å². The molecule has 1 aliphatic carbocycles. The molecule has 0 bridgehead atoms. The number of anilines is 1. The lowest BCUT2D eigenvalue weighted by atomic mass is 10.1. The third-order valence-electron chi connectivity index (χ3n) is 8.16. The van der Waals surface area contributed by atoms with E-state index in [2.05, 4.69) is 52.9 Å². The number of pyridine rings is 1. The number of thiophene rings is 1. The van der Waals surface area contributed by atoms with Crippen molar-refractivity contribution < 1.29 is 14.3 Å². The third kappa shape index (κ3) is 4.16. The second-order valence-electron chi connectivity index (χ2n) is 11.0. The zero-order valence-corrected chi connectivity index (χ0v) is 23.5. The maximum atomic E-state index is 12.9. The summed E-state index contributed by atoms with van der Waals surface area (Å²) in [6, 6.07) is 6.33. The number of fused-ring (bicyclic) bond motifs is 2. The minimum absolute atomic E-state index is 0. The van der Waals surface area contributed by atoms with Crippen LogP contribution in [-0.4, -0.2) is 66.2 Å². The number of halogens is 1. The first-order valence-corrected chi connectivity index (χ1v) is 13.4. The van der Waals surface area contributed by atoms with Gasteiger partial charge in [-0.15, -0.1) is 23.7 Å². The van der Waals surface area contributed by atoms with E-state index in [4.69, 9.17) is 4.74 Å². The molecule has 5 heterocycles. The van der Waals surface area contributed by atoms with Crippen LogP contribution >= 0.6 is 23.7 Å². The van der Waals surface area contributed by atoms with Gasteiger partial charge in [-0.1, -0.05) is 13.8 Å². The van der Waals surface area contributed by atoms with Gasteiger partial charge in [-0.25, -0.2) is 0 Å². The molecule has 6 rings (SSSR count). The van der Waals surface area contributed by atoms with Gasteiger partial charge in [0.05, 0.1) is 59.2 Å². The third-order valence-corrected chi connectivity index (χ3v) is 9.30. The summed E-state index contributed by atoms with van der Waals surface area (Å²) < 4.78 is 9.46. The van der Waals surface area contributed by atoms with E-state index in [-0.39, 0.29) is 47.6 Å². The number of piperidine rings is 1. The minimum atomic E-state index is -0.190. The molecular weight excluding hydrogens is 510 g/mol. The summed E-state index contributed by atoms with van der Waals surface area (Å²) in [5.41, 5.74) is 5.31. The predicted molar refractivity (Wildman–Crippen MR) is 148 cm³/mol. The number of likely N-dealkylation sites (tertiary alicyclic amines) is 1. The fourth-order valence-electron chi connectivity index (χ4n) is 6.07. The van der Waals surface area contributed by atoms with E-state index < -0.39 is 0 Å². The Morgan fingerprint density at radius 3 is 2.59 bits per heavy atom. The molecular formula is C27H34ClN5O3S. The Hall–Kier alpha value is -2.46. The van der Waals surface area contributed by atoms with E-state index in [0.29, 0.717) is 6.54 Å². The molecule has 0 radical (unpaired) electrons. The van der Waals surface area contributed by atoms with Gasteiger partial charge in [-0.05, 0) is 30.5 Å². The average molecular weight is 544 g/mol. The van der Waals surface area contributed by atoms with Crippen LogP contribution in [0.1, 0.15) is 24.4 Å². The molecule has 3 aliphatic rings. The van der Waals surface area contributed by atoms with Crippen molar-refractivity contribution in [3.05, 3.63) is 35.0 Å². The van der Waals surface area contributed by atoms with Gasteiger partial charge in [0.2, 0.25) is 11.8 Å². The lowest BCUT2D eigenvalue weighted by Gasteiger charge is -2.26. The highest BCUT2D eigenvalue weighted by Crippen LogP contribution is 2.63. The number of aromatic nitrogens is 2. The molecule has 3 atom stereocenters. The molecule has 198 valence electrons. The molecule has 2 saturated heterocycles. The molecule has 10 heteroatoms. The monoisotopic (exact) mass is 543 g/mol. The maximum absolute atomic E-state index is 12.9. The van der Waals surface area contributed by atoms with Crippen LogP contribution in [0, 0.1) is 24.2 Å². The molecule has 1 saturated carbocycles. The number of carbonyl (C=O) groups is 2. The van der Waals surface area contributed by atoms with Gasteiger partial charge < -0.3 is 19.5 Å². The van der Waals surface area contributed by atoms with E-state index >= 15 is 0 Å². The number of imide groups is 1. The Kier molecular flexibility index (Phi) is 6.63. The molecule has 1 N–H and O–H groups in total. The first-order chi connectivity index (χ1) is 17.2. The molecule has 2 aliphatic heterocycles. The largest absolute Gasteiger partial charge is 0.376 e. The van der Waals surface area contributed by atoms with Crippen LogP contribution in [0.3, 0.4) is 0 Å². The molecule has 2 amide bonds. The molecule has 0 spiro atoms. The number of hydrogen-bond acceptors (Lipinski definition) is 7. The summed E-state index contributed by atoms with van der Waals surface area (Å²) in [6.07, 6.45) is 1.95. The number of ether oxygens (including phenoxy) is 1. The number of carbonyl (C=O) groups excluding carboxylic acids is 2. The van der Waals surface area contributed by atoms with Crippen molar-refractivity contribution in [2.24, 2.45) is 17.3 Å². The van der Waals surface area contributed by atoms with Crippen molar-refractivity contribution in [3.63, 3.8) is 0 Å². The van der Waals surface area contributed by atoms with Gasteiger partial charge in [0, 0.05) is 49.5 Å². The summed E-state index contributed by atoms with van der Waals surface area (Å²) in [4.78, 5) is 35.0. The number of amides is 2. The van der Waals surface area contributed by atoms with Crippen molar-refractivity contribution in [2.45, 2.75) is 40.0 Å².